The largest absolute Gasteiger partial charge is 0.321 e. The maximum Gasteiger partial charge on any atom is 0.265 e. The van der Waals surface area contributed by atoms with Crippen LogP contribution in [-0.4, -0.2) is 5.91 Å². The van der Waals surface area contributed by atoms with E-state index in [2.05, 4.69) is 19.2 Å². The van der Waals surface area contributed by atoms with Gasteiger partial charge in [-0.15, -0.1) is 11.3 Å². The number of hydrogen-bond acceptors (Lipinski definition) is 2. The first-order valence-electron chi connectivity index (χ1n) is 6.07. The molecule has 0 unspecified atom stereocenters. The van der Waals surface area contributed by atoms with Crippen LogP contribution in [0.5, 0.6) is 0 Å². The quantitative estimate of drug-likeness (QED) is 0.880. The summed E-state index contributed by atoms with van der Waals surface area (Å²) in [7, 11) is 0. The van der Waals surface area contributed by atoms with Crippen LogP contribution in [-0.2, 0) is 6.42 Å². The summed E-state index contributed by atoms with van der Waals surface area (Å²) in [5.74, 6) is -0.0216. The number of carbonyl (C=O) groups is 1. The maximum absolute atomic E-state index is 12.1. The molecule has 0 radical (unpaired) electrons. The summed E-state index contributed by atoms with van der Waals surface area (Å²) in [6.45, 7) is 6.20. The van der Waals surface area contributed by atoms with Crippen LogP contribution in [0.3, 0.4) is 0 Å². The third-order valence-corrected chi connectivity index (χ3v) is 4.03. The first kappa shape index (κ1) is 12.8. The predicted octanol–water partition coefficient (Wildman–Crippen LogP) is 4.18. The van der Waals surface area contributed by atoms with Gasteiger partial charge in [0.25, 0.3) is 5.91 Å². The van der Waals surface area contributed by atoms with Gasteiger partial charge in [0.05, 0.1) is 4.88 Å². The fraction of sp³-hybridized carbons (Fsp3) is 0.267. The predicted molar refractivity (Wildman–Crippen MR) is 77.6 cm³/mol. The van der Waals surface area contributed by atoms with Crippen molar-refractivity contribution in [2.75, 3.05) is 5.32 Å². The summed E-state index contributed by atoms with van der Waals surface area (Å²) >= 11 is 1.56. The Labute approximate surface area is 112 Å². The summed E-state index contributed by atoms with van der Waals surface area (Å²) in [5.41, 5.74) is 3.29. The number of benzene rings is 1. The van der Waals surface area contributed by atoms with Crippen LogP contribution in [0.25, 0.3) is 0 Å². The van der Waals surface area contributed by atoms with Crippen molar-refractivity contribution < 1.29 is 4.79 Å². The van der Waals surface area contributed by atoms with Crippen molar-refractivity contribution in [2.45, 2.75) is 27.2 Å². The molecule has 1 amide bonds. The van der Waals surface area contributed by atoms with Crippen LogP contribution < -0.4 is 5.32 Å². The lowest BCUT2D eigenvalue weighted by Gasteiger charge is -2.03. The zero-order valence-electron chi connectivity index (χ0n) is 10.9. The normalized spacial score (nSPS) is 10.4. The lowest BCUT2D eigenvalue weighted by molar-refractivity contribution is 0.103. The van der Waals surface area contributed by atoms with E-state index in [1.807, 2.05) is 37.3 Å². The van der Waals surface area contributed by atoms with E-state index in [4.69, 9.17) is 0 Å². The third-order valence-electron chi connectivity index (χ3n) is 2.93. The van der Waals surface area contributed by atoms with Crippen molar-refractivity contribution in [1.29, 1.82) is 0 Å². The second-order valence-electron chi connectivity index (χ2n) is 4.37. The molecule has 0 saturated heterocycles. The van der Waals surface area contributed by atoms with Gasteiger partial charge in [0.15, 0.2) is 0 Å². The Morgan fingerprint density at radius 3 is 2.44 bits per heavy atom. The molecule has 2 aromatic rings. The molecule has 0 bridgehead atoms. The number of amides is 1. The molecular weight excluding hydrogens is 242 g/mol. The standard InChI is InChI=1S/C15H17NOS/c1-4-12-9-14(18-11(12)3)15(17)16-13-7-5-10(2)6-8-13/h5-9H,4H2,1-3H3,(H,16,17). The van der Waals surface area contributed by atoms with E-state index in [1.165, 1.54) is 16.0 Å². The number of hydrogen-bond donors (Lipinski definition) is 1. The van der Waals surface area contributed by atoms with E-state index >= 15 is 0 Å². The maximum atomic E-state index is 12.1. The zero-order chi connectivity index (χ0) is 13.1. The molecule has 18 heavy (non-hydrogen) atoms. The number of aryl methyl sites for hydroxylation is 3. The molecule has 2 nitrogen and oxygen atoms in total. The van der Waals surface area contributed by atoms with Crippen LogP contribution in [0.2, 0.25) is 0 Å². The molecule has 0 aliphatic carbocycles. The van der Waals surface area contributed by atoms with Gasteiger partial charge in [-0.05, 0) is 44.0 Å². The number of rotatable bonds is 3. The van der Waals surface area contributed by atoms with E-state index in [0.29, 0.717) is 0 Å². The highest BCUT2D eigenvalue weighted by Gasteiger charge is 2.11. The van der Waals surface area contributed by atoms with Gasteiger partial charge in [-0.25, -0.2) is 0 Å². The molecule has 0 spiro atoms. The van der Waals surface area contributed by atoms with Crippen LogP contribution in [0, 0.1) is 13.8 Å². The Kier molecular flexibility index (Phi) is 3.82. The highest BCUT2D eigenvalue weighted by Crippen LogP contribution is 2.23. The molecule has 0 fully saturated rings. The molecule has 3 heteroatoms. The lowest BCUT2D eigenvalue weighted by Crippen LogP contribution is -2.09. The molecule has 2 rings (SSSR count). The van der Waals surface area contributed by atoms with Crippen molar-refractivity contribution in [1.82, 2.24) is 0 Å². The molecule has 0 saturated carbocycles. The van der Waals surface area contributed by atoms with Crippen LogP contribution in [0.4, 0.5) is 5.69 Å². The van der Waals surface area contributed by atoms with Crippen molar-refractivity contribution >= 4 is 22.9 Å². The molecule has 1 N–H and O–H groups in total. The fourth-order valence-corrected chi connectivity index (χ4v) is 2.82. The Morgan fingerprint density at radius 2 is 1.89 bits per heavy atom. The minimum Gasteiger partial charge on any atom is -0.321 e. The van der Waals surface area contributed by atoms with Gasteiger partial charge < -0.3 is 5.32 Å². The van der Waals surface area contributed by atoms with Crippen molar-refractivity contribution in [3.8, 4) is 0 Å². The van der Waals surface area contributed by atoms with Crippen molar-refractivity contribution in [3.05, 3.63) is 51.2 Å². The van der Waals surface area contributed by atoms with E-state index in [9.17, 15) is 4.79 Å². The van der Waals surface area contributed by atoms with Gasteiger partial charge in [-0.1, -0.05) is 24.6 Å². The first-order chi connectivity index (χ1) is 8.60. The van der Waals surface area contributed by atoms with Crippen LogP contribution >= 0.6 is 11.3 Å². The van der Waals surface area contributed by atoms with Crippen LogP contribution in [0.15, 0.2) is 30.3 Å². The minimum absolute atomic E-state index is 0.0216. The highest BCUT2D eigenvalue weighted by atomic mass is 32.1. The van der Waals surface area contributed by atoms with E-state index < -0.39 is 0 Å². The topological polar surface area (TPSA) is 29.1 Å². The second-order valence-corrected chi connectivity index (χ2v) is 5.62. The molecule has 1 heterocycles. The molecule has 0 aliphatic heterocycles. The number of nitrogens with one attached hydrogen (secondary N) is 1. The van der Waals surface area contributed by atoms with Gasteiger partial charge in [0.2, 0.25) is 0 Å². The third kappa shape index (κ3) is 2.79. The summed E-state index contributed by atoms with van der Waals surface area (Å²) in [4.78, 5) is 14.1. The van der Waals surface area contributed by atoms with E-state index in [0.717, 1.165) is 17.0 Å². The average molecular weight is 259 g/mol. The van der Waals surface area contributed by atoms with Gasteiger partial charge in [0.1, 0.15) is 0 Å². The van der Waals surface area contributed by atoms with E-state index in [-0.39, 0.29) is 5.91 Å². The summed E-state index contributed by atoms with van der Waals surface area (Å²) < 4.78 is 0. The molecule has 1 aromatic heterocycles. The number of carbonyl (C=O) groups excluding carboxylic acids is 1. The van der Waals surface area contributed by atoms with Crippen molar-refractivity contribution in [3.63, 3.8) is 0 Å². The smallest absolute Gasteiger partial charge is 0.265 e. The summed E-state index contributed by atoms with van der Waals surface area (Å²) in [5, 5.41) is 2.92. The Bertz CT molecular complexity index is 554. The SMILES string of the molecule is CCc1cc(C(=O)Nc2ccc(C)cc2)sc1C. The zero-order valence-corrected chi connectivity index (χ0v) is 11.7. The van der Waals surface area contributed by atoms with E-state index in [1.54, 1.807) is 11.3 Å². The highest BCUT2D eigenvalue weighted by molar-refractivity contribution is 7.14. The monoisotopic (exact) mass is 259 g/mol. The molecule has 94 valence electrons. The lowest BCUT2D eigenvalue weighted by atomic mass is 10.2. The number of thiophene rings is 1. The Morgan fingerprint density at radius 1 is 1.22 bits per heavy atom. The first-order valence-corrected chi connectivity index (χ1v) is 6.89. The summed E-state index contributed by atoms with van der Waals surface area (Å²) in [6, 6.07) is 9.83. The van der Waals surface area contributed by atoms with Gasteiger partial charge >= 0.3 is 0 Å². The number of anilines is 1. The van der Waals surface area contributed by atoms with Gasteiger partial charge in [-0.3, -0.25) is 4.79 Å². The Hall–Kier alpha value is -1.61. The molecule has 0 atom stereocenters. The second kappa shape index (κ2) is 5.36. The van der Waals surface area contributed by atoms with Gasteiger partial charge in [-0.2, -0.15) is 0 Å². The molecular formula is C15H17NOS. The van der Waals surface area contributed by atoms with Crippen molar-refractivity contribution in [2.24, 2.45) is 0 Å². The molecule has 1 aromatic carbocycles. The fourth-order valence-electron chi connectivity index (χ4n) is 1.81. The molecule has 0 aliphatic rings. The van der Waals surface area contributed by atoms with Crippen LogP contribution in [0.1, 0.15) is 32.6 Å². The minimum atomic E-state index is -0.0216. The van der Waals surface area contributed by atoms with Gasteiger partial charge in [0, 0.05) is 10.6 Å². The Balaban J connectivity index is 2.14. The summed E-state index contributed by atoms with van der Waals surface area (Å²) in [6.07, 6.45) is 0.972. The average Bonchev–Trinajstić information content (AvgIpc) is 2.73.